The van der Waals surface area contributed by atoms with Crippen molar-refractivity contribution in [3.8, 4) is 0 Å². The quantitative estimate of drug-likeness (QED) is 0.278. The summed E-state index contributed by atoms with van der Waals surface area (Å²) in [6.07, 6.45) is -3.78. The third-order valence-corrected chi connectivity index (χ3v) is 10.6. The van der Waals surface area contributed by atoms with Gasteiger partial charge in [0.15, 0.2) is 5.78 Å². The van der Waals surface area contributed by atoms with E-state index in [9.17, 15) is 35.1 Å². The van der Waals surface area contributed by atoms with Crippen LogP contribution in [0.15, 0.2) is 12.2 Å². The Balaban J connectivity index is 1.43. The van der Waals surface area contributed by atoms with Crippen molar-refractivity contribution in [2.75, 3.05) is 6.61 Å². The van der Waals surface area contributed by atoms with Gasteiger partial charge in [-0.2, -0.15) is 0 Å². The lowest BCUT2D eigenvalue weighted by Gasteiger charge is -2.64. The lowest BCUT2D eigenvalue weighted by molar-refractivity contribution is -0.298. The molecular weight excluding hydrogens is 456 g/mol. The first kappa shape index (κ1) is 25.3. The van der Waals surface area contributed by atoms with Gasteiger partial charge in [-0.05, 0) is 74.2 Å². The summed E-state index contributed by atoms with van der Waals surface area (Å²) in [6.45, 7) is 7.39. The Labute approximate surface area is 205 Å². The van der Waals surface area contributed by atoms with Crippen LogP contribution < -0.4 is 0 Å². The van der Waals surface area contributed by atoms with Gasteiger partial charge >= 0.3 is 5.97 Å². The number of fused-ring (bicyclic) bond motifs is 3. The van der Waals surface area contributed by atoms with E-state index in [0.29, 0.717) is 24.8 Å². The molecule has 196 valence electrons. The molecular formula is C26H38O9. The first-order chi connectivity index (χ1) is 16.4. The lowest BCUT2D eigenvalue weighted by atomic mass is 9.40. The number of rotatable bonds is 3. The second-order valence-electron chi connectivity index (χ2n) is 12.1. The highest BCUT2D eigenvalue weighted by Crippen LogP contribution is 2.71. The molecule has 0 aromatic heterocycles. The van der Waals surface area contributed by atoms with Gasteiger partial charge in [0.25, 0.3) is 0 Å². The minimum atomic E-state index is -1.67. The summed E-state index contributed by atoms with van der Waals surface area (Å²) >= 11 is 0. The van der Waals surface area contributed by atoms with Gasteiger partial charge in [-0.1, -0.05) is 19.9 Å². The molecule has 9 heteroatoms. The first-order valence-corrected chi connectivity index (χ1v) is 12.8. The van der Waals surface area contributed by atoms with Gasteiger partial charge in [0.2, 0.25) is 6.29 Å². The van der Waals surface area contributed by atoms with Gasteiger partial charge < -0.3 is 35.0 Å². The monoisotopic (exact) mass is 494 g/mol. The fraction of sp³-hybridized carbons (Fsp3) is 0.846. The van der Waals surface area contributed by atoms with Crippen molar-refractivity contribution >= 4 is 11.8 Å². The largest absolute Gasteiger partial charge is 0.432 e. The number of ketones is 1. The molecule has 0 amide bonds. The molecule has 0 radical (unpaired) electrons. The van der Waals surface area contributed by atoms with Gasteiger partial charge in [0, 0.05) is 0 Å². The van der Waals surface area contributed by atoms with Crippen LogP contribution in [0.3, 0.4) is 0 Å². The maximum Gasteiger partial charge on any atom is 0.314 e. The Bertz CT molecular complexity index is 918. The standard InChI is InChI=1S/C26H38O9/c1-12-13-5-6-15-24(2)7-4-8-25(3,16(24)9-17(28)26(15,10-13)21(12)32)23(33)35-22-20(31)19(30)18(29)14(11-27)34-22/h13-20,22,27-31H,1,4-11H2,2-3H3. The van der Waals surface area contributed by atoms with Gasteiger partial charge in [-0.25, -0.2) is 0 Å². The van der Waals surface area contributed by atoms with Crippen molar-refractivity contribution in [3.63, 3.8) is 0 Å². The zero-order valence-electron chi connectivity index (χ0n) is 20.4. The number of carbonyl (C=O) groups is 2. The molecule has 5 aliphatic rings. The van der Waals surface area contributed by atoms with E-state index in [2.05, 4.69) is 13.5 Å². The lowest BCUT2D eigenvalue weighted by Crippen LogP contribution is -2.65. The smallest absolute Gasteiger partial charge is 0.314 e. The van der Waals surface area contributed by atoms with Crippen LogP contribution in [0.4, 0.5) is 0 Å². The Morgan fingerprint density at radius 1 is 1.09 bits per heavy atom. The van der Waals surface area contributed by atoms with Crippen LogP contribution in [0.2, 0.25) is 0 Å². The fourth-order valence-corrected chi connectivity index (χ4v) is 8.69. The molecule has 9 nitrogen and oxygen atoms in total. The van der Waals surface area contributed by atoms with E-state index in [-0.39, 0.29) is 29.0 Å². The van der Waals surface area contributed by atoms with E-state index >= 15 is 0 Å². The van der Waals surface area contributed by atoms with Gasteiger partial charge in [-0.3, -0.25) is 9.59 Å². The molecule has 5 rings (SSSR count). The molecule has 4 saturated carbocycles. The van der Waals surface area contributed by atoms with Crippen molar-refractivity contribution in [2.24, 2.45) is 34.0 Å². The number of hydrogen-bond acceptors (Lipinski definition) is 9. The van der Waals surface area contributed by atoms with E-state index in [1.165, 1.54) is 0 Å². The number of allylic oxidation sites excluding steroid dienone is 1. The second-order valence-corrected chi connectivity index (χ2v) is 12.1. The highest BCUT2D eigenvalue weighted by molar-refractivity contribution is 6.03. The molecule has 1 heterocycles. The minimum Gasteiger partial charge on any atom is -0.432 e. The van der Waals surface area contributed by atoms with Crippen LogP contribution in [-0.4, -0.2) is 80.7 Å². The minimum absolute atomic E-state index is 0.00616. The average Bonchev–Trinajstić information content (AvgIpc) is 3.02. The molecule has 1 saturated heterocycles. The number of hydrogen-bond donors (Lipinski definition) is 5. The first-order valence-electron chi connectivity index (χ1n) is 12.8. The van der Waals surface area contributed by atoms with Gasteiger partial charge in [-0.15, -0.1) is 0 Å². The molecule has 5 fully saturated rings. The van der Waals surface area contributed by atoms with Crippen molar-refractivity contribution in [2.45, 2.75) is 95.6 Å². The van der Waals surface area contributed by atoms with E-state index in [0.717, 1.165) is 25.7 Å². The maximum absolute atomic E-state index is 13.7. The summed E-state index contributed by atoms with van der Waals surface area (Å²) in [6, 6.07) is 0. The Kier molecular flexibility index (Phi) is 6.02. The maximum atomic E-state index is 13.7. The number of Topliss-reactive ketones (excluding diaryl/α,β-unsaturated/α-hetero) is 1. The molecule has 0 aromatic carbocycles. The summed E-state index contributed by atoms with van der Waals surface area (Å²) in [5, 5.41) is 51.4. The van der Waals surface area contributed by atoms with Gasteiger partial charge in [0.05, 0.1) is 23.5 Å². The third-order valence-electron chi connectivity index (χ3n) is 10.6. The predicted octanol–water partition coefficient (Wildman–Crippen LogP) is 0.448. The molecule has 12 atom stereocenters. The summed E-state index contributed by atoms with van der Waals surface area (Å²) in [4.78, 5) is 27.1. The average molecular weight is 495 g/mol. The number of aliphatic hydroxyl groups is 5. The summed E-state index contributed by atoms with van der Waals surface area (Å²) in [7, 11) is 0. The predicted molar refractivity (Wildman–Crippen MR) is 121 cm³/mol. The SMILES string of the molecule is C=C1C(=O)C23CC1CCC2C1(C)CCCC(C)(C(=O)OC2OC(CO)C(O)C(O)C2O)C1CC3O. The molecule has 5 N–H and O–H groups in total. The van der Waals surface area contributed by atoms with Crippen molar-refractivity contribution in [3.05, 3.63) is 12.2 Å². The van der Waals surface area contributed by atoms with Crippen LogP contribution in [-0.2, 0) is 19.1 Å². The molecule has 4 aliphatic carbocycles. The van der Waals surface area contributed by atoms with Crippen LogP contribution in [0.5, 0.6) is 0 Å². The molecule has 12 unspecified atom stereocenters. The number of ether oxygens (including phenoxy) is 2. The van der Waals surface area contributed by atoms with Crippen molar-refractivity contribution < 1.29 is 44.6 Å². The highest BCUT2D eigenvalue weighted by atomic mass is 16.7. The van der Waals surface area contributed by atoms with Crippen LogP contribution in [0.25, 0.3) is 0 Å². The Hall–Kier alpha value is -1.36. The number of aliphatic hydroxyl groups excluding tert-OH is 5. The van der Waals surface area contributed by atoms with E-state index in [1.807, 2.05) is 6.92 Å². The van der Waals surface area contributed by atoms with Crippen LogP contribution in [0.1, 0.15) is 58.8 Å². The Morgan fingerprint density at radius 2 is 1.80 bits per heavy atom. The van der Waals surface area contributed by atoms with Crippen LogP contribution in [0, 0.1) is 34.0 Å². The summed E-state index contributed by atoms with van der Waals surface area (Å²) < 4.78 is 11.0. The van der Waals surface area contributed by atoms with Crippen molar-refractivity contribution in [1.82, 2.24) is 0 Å². The number of carbonyl (C=O) groups excluding carboxylic acids is 2. The number of esters is 1. The second kappa shape index (κ2) is 8.33. The third kappa shape index (κ3) is 3.28. The van der Waals surface area contributed by atoms with Crippen LogP contribution >= 0.6 is 0 Å². The normalized spacial score (nSPS) is 53.6. The molecule has 1 spiro atoms. The van der Waals surface area contributed by atoms with E-state index in [1.54, 1.807) is 0 Å². The summed E-state index contributed by atoms with van der Waals surface area (Å²) in [5.74, 6) is -0.818. The molecule has 1 aliphatic heterocycles. The molecule has 2 bridgehead atoms. The van der Waals surface area contributed by atoms with Gasteiger partial charge in [0.1, 0.15) is 24.4 Å². The van der Waals surface area contributed by atoms with E-state index in [4.69, 9.17) is 9.47 Å². The fourth-order valence-electron chi connectivity index (χ4n) is 8.69. The zero-order chi connectivity index (χ0) is 25.5. The zero-order valence-corrected chi connectivity index (χ0v) is 20.4. The van der Waals surface area contributed by atoms with Crippen molar-refractivity contribution in [1.29, 1.82) is 0 Å². The topological polar surface area (TPSA) is 154 Å². The van der Waals surface area contributed by atoms with E-state index < -0.39 is 60.2 Å². The Morgan fingerprint density at radius 3 is 2.49 bits per heavy atom. The molecule has 35 heavy (non-hydrogen) atoms. The molecule has 0 aromatic rings. The highest BCUT2D eigenvalue weighted by Gasteiger charge is 2.71. The summed E-state index contributed by atoms with van der Waals surface area (Å²) in [5.41, 5.74) is -1.57.